The monoisotopic (exact) mass is 440 g/mol. The summed E-state index contributed by atoms with van der Waals surface area (Å²) >= 11 is 1.37. The Morgan fingerprint density at radius 1 is 1.16 bits per heavy atom. The molecule has 8 nitrogen and oxygen atoms in total. The maximum absolute atomic E-state index is 12.2. The average Bonchev–Trinajstić information content (AvgIpc) is 3.19. The predicted octanol–water partition coefficient (Wildman–Crippen LogP) is 3.61. The van der Waals surface area contributed by atoms with Gasteiger partial charge in [0.15, 0.2) is 5.13 Å². The summed E-state index contributed by atoms with van der Waals surface area (Å²) in [6, 6.07) is 12.0. The van der Waals surface area contributed by atoms with Crippen LogP contribution in [0.1, 0.15) is 12.0 Å². The van der Waals surface area contributed by atoms with E-state index in [2.05, 4.69) is 51.7 Å². The van der Waals surface area contributed by atoms with Crippen molar-refractivity contribution >= 4 is 44.4 Å². The summed E-state index contributed by atoms with van der Waals surface area (Å²) in [6.45, 7) is 7.17. The summed E-state index contributed by atoms with van der Waals surface area (Å²) in [5, 5.41) is 6.27. The number of hydrogen-bond acceptors (Lipinski definition) is 7. The van der Waals surface area contributed by atoms with E-state index < -0.39 is 0 Å². The number of amides is 2. The molecular weight excluding hydrogens is 412 g/mol. The number of ether oxygens (including phenoxy) is 1. The van der Waals surface area contributed by atoms with Crippen LogP contribution in [0.3, 0.4) is 0 Å². The Morgan fingerprint density at radius 3 is 2.71 bits per heavy atom. The zero-order chi connectivity index (χ0) is 21.6. The first-order valence-electron chi connectivity index (χ1n) is 10.5. The lowest BCUT2D eigenvalue weighted by molar-refractivity contribution is 0.0375. The van der Waals surface area contributed by atoms with Crippen LogP contribution < -0.4 is 15.5 Å². The van der Waals surface area contributed by atoms with E-state index in [-0.39, 0.29) is 6.03 Å². The number of nitrogens with one attached hydrogen (secondary N) is 2. The van der Waals surface area contributed by atoms with Gasteiger partial charge in [-0.2, -0.15) is 0 Å². The fourth-order valence-corrected chi connectivity index (χ4v) is 4.25. The van der Waals surface area contributed by atoms with Crippen LogP contribution in [0.5, 0.6) is 0 Å². The maximum Gasteiger partial charge on any atom is 0.321 e. The van der Waals surface area contributed by atoms with Crippen molar-refractivity contribution in [2.75, 3.05) is 56.7 Å². The first-order chi connectivity index (χ1) is 15.1. The van der Waals surface area contributed by atoms with Gasteiger partial charge in [0.1, 0.15) is 16.2 Å². The standard InChI is InChI=1S/C22H28N6O2S/c1-16-4-6-17(7-5-16)27(2)19-9-8-18-20(25-19)31-22(24-18)26-21(29)23-10-3-11-28-12-14-30-15-13-28/h4-9H,3,10-15H2,1-2H3,(H2,23,24,26,29). The largest absolute Gasteiger partial charge is 0.379 e. The number of nitrogens with zero attached hydrogens (tertiary/aromatic N) is 4. The topological polar surface area (TPSA) is 82.6 Å². The Kier molecular flexibility index (Phi) is 6.96. The minimum atomic E-state index is -0.238. The number of aromatic nitrogens is 2. The zero-order valence-corrected chi connectivity index (χ0v) is 18.7. The molecule has 0 atom stereocenters. The fraction of sp³-hybridized carbons (Fsp3) is 0.409. The third kappa shape index (κ3) is 5.69. The van der Waals surface area contributed by atoms with Gasteiger partial charge in [-0.15, -0.1) is 0 Å². The molecule has 2 amide bonds. The number of fused-ring (bicyclic) bond motifs is 1. The fourth-order valence-electron chi connectivity index (χ4n) is 3.42. The molecule has 3 heterocycles. The van der Waals surface area contributed by atoms with Gasteiger partial charge in [-0.05, 0) is 44.2 Å². The Morgan fingerprint density at radius 2 is 1.94 bits per heavy atom. The number of thiazole rings is 1. The lowest BCUT2D eigenvalue weighted by atomic mass is 10.2. The summed E-state index contributed by atoms with van der Waals surface area (Å²) in [7, 11) is 1.99. The molecule has 0 unspecified atom stereocenters. The molecule has 0 radical (unpaired) electrons. The summed E-state index contributed by atoms with van der Waals surface area (Å²) in [5.74, 6) is 0.833. The Balaban J connectivity index is 1.31. The van der Waals surface area contributed by atoms with Crippen LogP contribution in [-0.2, 0) is 4.74 Å². The van der Waals surface area contributed by atoms with Crippen LogP contribution in [0.4, 0.5) is 21.4 Å². The van der Waals surface area contributed by atoms with Crippen molar-refractivity contribution in [2.45, 2.75) is 13.3 Å². The quantitative estimate of drug-likeness (QED) is 0.546. The molecule has 1 aromatic carbocycles. The zero-order valence-electron chi connectivity index (χ0n) is 17.9. The number of morpholine rings is 1. The summed E-state index contributed by atoms with van der Waals surface area (Å²) in [4.78, 5) is 26.6. The number of pyridine rings is 1. The third-order valence-corrected chi connectivity index (χ3v) is 6.15. The first-order valence-corrected chi connectivity index (χ1v) is 11.3. The third-order valence-electron chi connectivity index (χ3n) is 5.27. The van der Waals surface area contributed by atoms with Crippen LogP contribution >= 0.6 is 11.3 Å². The molecular formula is C22H28N6O2S. The van der Waals surface area contributed by atoms with E-state index in [1.807, 2.05) is 24.1 Å². The maximum atomic E-state index is 12.2. The van der Waals surface area contributed by atoms with Gasteiger partial charge in [-0.3, -0.25) is 10.2 Å². The van der Waals surface area contributed by atoms with Crippen LogP contribution in [-0.4, -0.2) is 67.3 Å². The van der Waals surface area contributed by atoms with Gasteiger partial charge in [0.05, 0.1) is 13.2 Å². The summed E-state index contributed by atoms with van der Waals surface area (Å²) in [5.41, 5.74) is 3.06. The van der Waals surface area contributed by atoms with E-state index in [4.69, 9.17) is 9.72 Å². The lowest BCUT2D eigenvalue weighted by Gasteiger charge is -2.26. The summed E-state index contributed by atoms with van der Waals surface area (Å²) < 4.78 is 5.35. The number of benzene rings is 1. The molecule has 4 rings (SSSR count). The highest BCUT2D eigenvalue weighted by Crippen LogP contribution is 2.29. The number of rotatable bonds is 7. The minimum absolute atomic E-state index is 0.238. The van der Waals surface area contributed by atoms with Gasteiger partial charge in [0.2, 0.25) is 0 Å². The molecule has 0 aliphatic carbocycles. The molecule has 164 valence electrons. The smallest absolute Gasteiger partial charge is 0.321 e. The number of hydrogen-bond donors (Lipinski definition) is 2. The molecule has 31 heavy (non-hydrogen) atoms. The van der Waals surface area contributed by atoms with E-state index in [0.29, 0.717) is 11.7 Å². The number of carbonyl (C=O) groups excluding carboxylic acids is 1. The molecule has 2 N–H and O–H groups in total. The molecule has 9 heteroatoms. The van der Waals surface area contributed by atoms with Crippen molar-refractivity contribution in [1.82, 2.24) is 20.2 Å². The van der Waals surface area contributed by atoms with E-state index in [1.165, 1.54) is 16.9 Å². The Hall–Kier alpha value is -2.75. The molecule has 1 aliphatic heterocycles. The molecule has 1 fully saturated rings. The number of anilines is 3. The molecule has 1 aliphatic rings. The summed E-state index contributed by atoms with van der Waals surface area (Å²) in [6.07, 6.45) is 0.906. The van der Waals surface area contributed by atoms with Crippen molar-refractivity contribution in [3.8, 4) is 0 Å². The highest BCUT2D eigenvalue weighted by Gasteiger charge is 2.12. The Labute approximate surface area is 186 Å². The molecule has 0 bridgehead atoms. The Bertz CT molecular complexity index is 1020. The molecule has 2 aromatic heterocycles. The number of aryl methyl sites for hydroxylation is 1. The highest BCUT2D eigenvalue weighted by molar-refractivity contribution is 7.22. The average molecular weight is 441 g/mol. The number of carbonyl (C=O) groups is 1. The van der Waals surface area contributed by atoms with Crippen molar-refractivity contribution in [3.63, 3.8) is 0 Å². The van der Waals surface area contributed by atoms with Gasteiger partial charge < -0.3 is 15.0 Å². The lowest BCUT2D eigenvalue weighted by Crippen LogP contribution is -2.38. The molecule has 0 spiro atoms. The van der Waals surface area contributed by atoms with Crippen molar-refractivity contribution < 1.29 is 9.53 Å². The van der Waals surface area contributed by atoms with E-state index in [9.17, 15) is 4.79 Å². The van der Waals surface area contributed by atoms with Gasteiger partial charge in [-0.1, -0.05) is 29.0 Å². The van der Waals surface area contributed by atoms with Crippen molar-refractivity contribution in [2.24, 2.45) is 0 Å². The van der Waals surface area contributed by atoms with Crippen LogP contribution in [0.25, 0.3) is 10.3 Å². The van der Waals surface area contributed by atoms with Gasteiger partial charge in [0, 0.05) is 32.4 Å². The van der Waals surface area contributed by atoms with E-state index in [1.54, 1.807) is 0 Å². The van der Waals surface area contributed by atoms with Crippen LogP contribution in [0, 0.1) is 6.92 Å². The van der Waals surface area contributed by atoms with E-state index in [0.717, 1.165) is 61.1 Å². The second kappa shape index (κ2) is 10.0. The van der Waals surface area contributed by atoms with Crippen molar-refractivity contribution in [3.05, 3.63) is 42.0 Å². The first kappa shape index (κ1) is 21.5. The van der Waals surface area contributed by atoms with Gasteiger partial charge in [-0.25, -0.2) is 14.8 Å². The molecule has 0 saturated carbocycles. The SMILES string of the molecule is Cc1ccc(N(C)c2ccc3nc(NC(=O)NCCCN4CCOCC4)sc3n2)cc1. The highest BCUT2D eigenvalue weighted by atomic mass is 32.1. The van der Waals surface area contributed by atoms with Crippen molar-refractivity contribution in [1.29, 1.82) is 0 Å². The molecule has 3 aromatic rings. The van der Waals surface area contributed by atoms with E-state index >= 15 is 0 Å². The number of urea groups is 1. The predicted molar refractivity (Wildman–Crippen MR) is 126 cm³/mol. The second-order valence-electron chi connectivity index (χ2n) is 7.60. The normalized spacial score (nSPS) is 14.5. The molecule has 1 saturated heterocycles. The van der Waals surface area contributed by atoms with Gasteiger partial charge in [0.25, 0.3) is 0 Å². The van der Waals surface area contributed by atoms with Gasteiger partial charge >= 0.3 is 6.03 Å². The van der Waals surface area contributed by atoms with Crippen LogP contribution in [0.2, 0.25) is 0 Å². The second-order valence-corrected chi connectivity index (χ2v) is 8.57. The van der Waals surface area contributed by atoms with Crippen LogP contribution in [0.15, 0.2) is 36.4 Å². The minimum Gasteiger partial charge on any atom is -0.379 e.